The van der Waals surface area contributed by atoms with Gasteiger partial charge >= 0.3 is 0 Å². The van der Waals surface area contributed by atoms with Crippen LogP contribution in [0.25, 0.3) is 10.2 Å². The lowest BCUT2D eigenvalue weighted by molar-refractivity contribution is -0.118. The number of amides is 1. The van der Waals surface area contributed by atoms with Crippen LogP contribution in [-0.4, -0.2) is 54.3 Å². The normalized spacial score (nSPS) is 11.0. The molecule has 0 unspecified atom stereocenters. The van der Waals surface area contributed by atoms with Crippen molar-refractivity contribution in [3.63, 3.8) is 0 Å². The average molecular weight is 526 g/mol. The number of hydrogen-bond donors (Lipinski definition) is 0. The molecule has 2 aromatic carbocycles. The van der Waals surface area contributed by atoms with Gasteiger partial charge < -0.3 is 9.64 Å². The van der Waals surface area contributed by atoms with Gasteiger partial charge in [0.25, 0.3) is 0 Å². The number of fused-ring (bicyclic) bond motifs is 1. The Morgan fingerprint density at radius 2 is 1.82 bits per heavy atom. The predicted molar refractivity (Wildman–Crippen MR) is 145 cm³/mol. The average Bonchev–Trinajstić information content (AvgIpc) is 3.24. The summed E-state index contributed by atoms with van der Waals surface area (Å²) >= 11 is 3.17. The molecule has 0 saturated carbocycles. The molecule has 1 amide bonds. The fraction of sp³-hybridized carbons (Fsp3) is 0.440. The number of likely N-dealkylation sites (N-methyl/N-ethyl adjacent to an activating group) is 1. The molecule has 0 fully saturated rings. The van der Waals surface area contributed by atoms with Gasteiger partial charge in [0.05, 0.1) is 16.8 Å². The van der Waals surface area contributed by atoms with Gasteiger partial charge in [0, 0.05) is 24.4 Å². The molecule has 0 atom stereocenters. The van der Waals surface area contributed by atoms with Crippen LogP contribution in [0.1, 0.15) is 33.6 Å². The number of aromatic nitrogens is 1. The molecular formula is C25H33ClFN3O2S2. The minimum absolute atomic E-state index is 0. The maximum atomic E-state index is 13.2. The summed E-state index contributed by atoms with van der Waals surface area (Å²) in [5, 5.41) is 0.738. The van der Waals surface area contributed by atoms with E-state index >= 15 is 0 Å². The van der Waals surface area contributed by atoms with Crippen LogP contribution >= 0.6 is 35.5 Å². The van der Waals surface area contributed by atoms with Crippen LogP contribution < -0.4 is 9.64 Å². The van der Waals surface area contributed by atoms with Gasteiger partial charge in [0.1, 0.15) is 11.6 Å². The summed E-state index contributed by atoms with van der Waals surface area (Å²) in [4.78, 5) is 23.1. The molecule has 0 spiro atoms. The van der Waals surface area contributed by atoms with E-state index < -0.39 is 0 Å². The third kappa shape index (κ3) is 8.12. The summed E-state index contributed by atoms with van der Waals surface area (Å²) in [6, 6.07) is 12.3. The maximum Gasteiger partial charge on any atom is 0.228 e. The van der Waals surface area contributed by atoms with Crippen molar-refractivity contribution in [2.45, 2.75) is 38.5 Å². The molecule has 0 aliphatic carbocycles. The van der Waals surface area contributed by atoms with E-state index in [1.54, 1.807) is 23.9 Å². The Labute approximate surface area is 216 Å². The summed E-state index contributed by atoms with van der Waals surface area (Å²) in [6.07, 6.45) is 1.20. The van der Waals surface area contributed by atoms with Crippen molar-refractivity contribution < 1.29 is 13.9 Å². The van der Waals surface area contributed by atoms with E-state index in [4.69, 9.17) is 9.72 Å². The molecule has 1 aromatic heterocycles. The van der Waals surface area contributed by atoms with E-state index in [2.05, 4.69) is 18.7 Å². The van der Waals surface area contributed by atoms with E-state index in [9.17, 15) is 9.18 Å². The monoisotopic (exact) mass is 525 g/mol. The molecule has 34 heavy (non-hydrogen) atoms. The molecule has 0 aliphatic rings. The summed E-state index contributed by atoms with van der Waals surface area (Å²) in [5.41, 5.74) is 0.881. The third-order valence-corrected chi connectivity index (χ3v) is 7.48. The SMILES string of the molecule is CCOc1ccc2nc(N(CCN(CC)CC)C(=O)CCCSc3ccc(F)cc3)sc2c1.Cl. The summed E-state index contributed by atoms with van der Waals surface area (Å²) < 4.78 is 19.7. The Morgan fingerprint density at radius 1 is 1.09 bits per heavy atom. The summed E-state index contributed by atoms with van der Waals surface area (Å²) in [7, 11) is 0. The Morgan fingerprint density at radius 3 is 2.50 bits per heavy atom. The number of thioether (sulfide) groups is 1. The van der Waals surface area contributed by atoms with Gasteiger partial charge in [-0.2, -0.15) is 0 Å². The van der Waals surface area contributed by atoms with E-state index in [0.29, 0.717) is 19.6 Å². The molecule has 5 nitrogen and oxygen atoms in total. The van der Waals surface area contributed by atoms with E-state index in [0.717, 1.165) is 57.8 Å². The minimum atomic E-state index is -0.234. The second-order valence-corrected chi connectivity index (χ2v) is 9.71. The second-order valence-electron chi connectivity index (χ2n) is 7.54. The van der Waals surface area contributed by atoms with Gasteiger partial charge in [-0.25, -0.2) is 9.37 Å². The van der Waals surface area contributed by atoms with Crippen LogP contribution in [0.15, 0.2) is 47.4 Å². The highest BCUT2D eigenvalue weighted by Crippen LogP contribution is 2.32. The Hall–Kier alpha value is -1.87. The fourth-order valence-corrected chi connectivity index (χ4v) is 5.34. The predicted octanol–water partition coefficient (Wildman–Crippen LogP) is 6.50. The van der Waals surface area contributed by atoms with Crippen molar-refractivity contribution in [1.82, 2.24) is 9.88 Å². The summed E-state index contributed by atoms with van der Waals surface area (Å²) in [6.45, 7) is 10.2. The van der Waals surface area contributed by atoms with E-state index in [1.807, 2.05) is 30.0 Å². The molecule has 3 rings (SSSR count). The molecular weight excluding hydrogens is 493 g/mol. The maximum absolute atomic E-state index is 13.2. The van der Waals surface area contributed by atoms with Gasteiger partial charge in [0.15, 0.2) is 5.13 Å². The molecule has 0 aliphatic heterocycles. The minimum Gasteiger partial charge on any atom is -0.494 e. The first-order valence-corrected chi connectivity index (χ1v) is 13.3. The Balaban J connectivity index is 0.00000408. The Kier molecular flexibility index (Phi) is 12.1. The van der Waals surface area contributed by atoms with Gasteiger partial charge in [0.2, 0.25) is 5.91 Å². The number of halogens is 2. The molecule has 9 heteroatoms. The summed E-state index contributed by atoms with van der Waals surface area (Å²) in [5.74, 6) is 1.48. The van der Waals surface area contributed by atoms with Crippen molar-refractivity contribution in [3.8, 4) is 5.75 Å². The number of benzene rings is 2. The standard InChI is InChI=1S/C25H32FN3O2S2.ClH/c1-4-28(5-2)15-16-29(24(30)8-7-17-32-21-12-9-19(26)10-13-21)25-27-22-14-11-20(31-6-3)18-23(22)33-25;/h9-14,18H,4-8,15-17H2,1-3H3;1H. The molecule has 0 bridgehead atoms. The highest BCUT2D eigenvalue weighted by molar-refractivity contribution is 7.99. The van der Waals surface area contributed by atoms with Gasteiger partial charge in [-0.05, 0) is 74.7 Å². The van der Waals surface area contributed by atoms with Crippen LogP contribution in [0.2, 0.25) is 0 Å². The van der Waals surface area contributed by atoms with Crippen LogP contribution in [0, 0.1) is 5.82 Å². The highest BCUT2D eigenvalue weighted by atomic mass is 35.5. The quantitative estimate of drug-likeness (QED) is 0.188. The first-order chi connectivity index (χ1) is 16.0. The second kappa shape index (κ2) is 14.5. The first-order valence-electron chi connectivity index (χ1n) is 11.5. The molecule has 186 valence electrons. The van der Waals surface area contributed by atoms with Crippen molar-refractivity contribution in [2.75, 3.05) is 43.4 Å². The van der Waals surface area contributed by atoms with Gasteiger partial charge in [-0.3, -0.25) is 9.69 Å². The zero-order chi connectivity index (χ0) is 23.6. The molecule has 1 heterocycles. The first kappa shape index (κ1) is 28.4. The van der Waals surface area contributed by atoms with Crippen molar-refractivity contribution >= 4 is 56.8 Å². The van der Waals surface area contributed by atoms with Crippen LogP contribution in [0.3, 0.4) is 0 Å². The number of ether oxygens (including phenoxy) is 1. The smallest absolute Gasteiger partial charge is 0.228 e. The fourth-order valence-electron chi connectivity index (χ4n) is 3.45. The third-order valence-electron chi connectivity index (χ3n) is 5.34. The number of thiazole rings is 1. The van der Waals surface area contributed by atoms with E-state index in [1.165, 1.54) is 23.5 Å². The van der Waals surface area contributed by atoms with Crippen LogP contribution in [-0.2, 0) is 4.79 Å². The van der Waals surface area contributed by atoms with E-state index in [-0.39, 0.29) is 24.1 Å². The lowest BCUT2D eigenvalue weighted by atomic mass is 10.3. The number of anilines is 1. The highest BCUT2D eigenvalue weighted by Gasteiger charge is 2.20. The number of nitrogens with zero attached hydrogens (tertiary/aromatic N) is 3. The topological polar surface area (TPSA) is 45.7 Å². The lowest BCUT2D eigenvalue weighted by Crippen LogP contribution is -2.38. The van der Waals surface area contributed by atoms with Crippen molar-refractivity contribution in [1.29, 1.82) is 0 Å². The number of carbonyl (C=O) groups excluding carboxylic acids is 1. The molecule has 0 saturated heterocycles. The van der Waals surface area contributed by atoms with Crippen molar-refractivity contribution in [3.05, 3.63) is 48.3 Å². The van der Waals surface area contributed by atoms with Crippen LogP contribution in [0.4, 0.5) is 9.52 Å². The van der Waals surface area contributed by atoms with Gasteiger partial charge in [-0.15, -0.1) is 24.2 Å². The number of rotatable bonds is 13. The number of carbonyl (C=O) groups is 1. The molecule has 3 aromatic rings. The lowest BCUT2D eigenvalue weighted by Gasteiger charge is -2.24. The zero-order valence-corrected chi connectivity index (χ0v) is 22.4. The Bertz CT molecular complexity index is 1030. The molecule has 0 N–H and O–H groups in total. The number of hydrogen-bond acceptors (Lipinski definition) is 6. The van der Waals surface area contributed by atoms with Crippen molar-refractivity contribution in [2.24, 2.45) is 0 Å². The zero-order valence-electron chi connectivity index (χ0n) is 20.0. The molecule has 0 radical (unpaired) electrons. The van der Waals surface area contributed by atoms with Crippen LogP contribution in [0.5, 0.6) is 5.75 Å². The van der Waals surface area contributed by atoms with Gasteiger partial charge in [-0.1, -0.05) is 25.2 Å². The largest absolute Gasteiger partial charge is 0.494 e.